The molecule has 1 aromatic carbocycles. The Morgan fingerprint density at radius 1 is 1.23 bits per heavy atom. The van der Waals surface area contributed by atoms with Gasteiger partial charge < -0.3 is 21.1 Å². The molecule has 1 aliphatic heterocycles. The molecule has 5 N–H and O–H groups in total. The molecule has 3 heterocycles. The fraction of sp³-hybridized carbons (Fsp3) is 0.389. The maximum absolute atomic E-state index is 6.02. The zero-order chi connectivity index (χ0) is 18.3. The standard InChI is InChI=1S/C18H23N7O/c1-10(2)15-9-26-6-5-25(15)16-8-13(21-18(20)22-16)11-3-4-12-14(7-11)23-24-17(12)19/h3-4,7-8,10,15H,5-6,9H2,1-2H3,(H3,19,23,24)(H2,20,21,22). The molecule has 4 rings (SSSR count). The lowest BCUT2D eigenvalue weighted by Gasteiger charge is -2.39. The Hall–Kier alpha value is -2.87. The second-order valence-corrected chi connectivity index (χ2v) is 6.92. The molecule has 8 heteroatoms. The minimum absolute atomic E-state index is 0.260. The van der Waals surface area contributed by atoms with Crippen molar-refractivity contribution >= 4 is 28.5 Å². The first-order valence-corrected chi connectivity index (χ1v) is 8.76. The van der Waals surface area contributed by atoms with E-state index in [-0.39, 0.29) is 12.0 Å². The highest BCUT2D eigenvalue weighted by Gasteiger charge is 2.27. The maximum Gasteiger partial charge on any atom is 0.222 e. The molecule has 3 aromatic rings. The van der Waals surface area contributed by atoms with Gasteiger partial charge in [0, 0.05) is 23.6 Å². The first kappa shape index (κ1) is 16.6. The van der Waals surface area contributed by atoms with Gasteiger partial charge in [-0.15, -0.1) is 0 Å². The van der Waals surface area contributed by atoms with E-state index in [1.54, 1.807) is 0 Å². The van der Waals surface area contributed by atoms with Crippen LogP contribution < -0.4 is 16.4 Å². The van der Waals surface area contributed by atoms with Gasteiger partial charge in [0.2, 0.25) is 5.95 Å². The number of nitrogens with one attached hydrogen (secondary N) is 1. The lowest BCUT2D eigenvalue weighted by atomic mass is 10.0. The number of nitrogens with two attached hydrogens (primary N) is 2. The molecule has 26 heavy (non-hydrogen) atoms. The van der Waals surface area contributed by atoms with Gasteiger partial charge in [0.1, 0.15) is 5.82 Å². The van der Waals surface area contributed by atoms with Crippen molar-refractivity contribution in [2.24, 2.45) is 5.92 Å². The number of aromatic amines is 1. The quantitative estimate of drug-likeness (QED) is 0.659. The van der Waals surface area contributed by atoms with Crippen LogP contribution in [0, 0.1) is 5.92 Å². The number of nitrogens with zero attached hydrogens (tertiary/aromatic N) is 4. The van der Waals surface area contributed by atoms with Crippen molar-refractivity contribution in [3.8, 4) is 11.3 Å². The molecule has 136 valence electrons. The van der Waals surface area contributed by atoms with Gasteiger partial charge in [-0.1, -0.05) is 19.9 Å². The summed E-state index contributed by atoms with van der Waals surface area (Å²) >= 11 is 0. The SMILES string of the molecule is CC(C)C1COCCN1c1cc(-c2ccc3c(N)n[nH]c3c2)nc(N)n1. The fourth-order valence-corrected chi connectivity index (χ4v) is 3.41. The van der Waals surface area contributed by atoms with Crippen LogP contribution in [0.2, 0.25) is 0 Å². The van der Waals surface area contributed by atoms with Crippen molar-refractivity contribution in [2.75, 3.05) is 36.1 Å². The molecule has 0 bridgehead atoms. The van der Waals surface area contributed by atoms with Crippen LogP contribution in [-0.4, -0.2) is 46.0 Å². The van der Waals surface area contributed by atoms with Crippen molar-refractivity contribution in [1.29, 1.82) is 0 Å². The van der Waals surface area contributed by atoms with Gasteiger partial charge in [-0.2, -0.15) is 10.1 Å². The Kier molecular flexibility index (Phi) is 4.12. The first-order valence-electron chi connectivity index (χ1n) is 8.76. The van der Waals surface area contributed by atoms with Gasteiger partial charge >= 0.3 is 0 Å². The summed E-state index contributed by atoms with van der Waals surface area (Å²) in [5, 5.41) is 7.87. The first-order chi connectivity index (χ1) is 12.5. The van der Waals surface area contributed by atoms with E-state index < -0.39 is 0 Å². The van der Waals surface area contributed by atoms with Gasteiger partial charge in [0.25, 0.3) is 0 Å². The van der Waals surface area contributed by atoms with Crippen LogP contribution in [0.4, 0.5) is 17.6 Å². The Morgan fingerprint density at radius 2 is 2.08 bits per heavy atom. The molecule has 1 aliphatic rings. The number of ether oxygens (including phenoxy) is 1. The highest BCUT2D eigenvalue weighted by molar-refractivity contribution is 5.91. The minimum atomic E-state index is 0.260. The van der Waals surface area contributed by atoms with E-state index in [9.17, 15) is 0 Å². The van der Waals surface area contributed by atoms with Crippen molar-refractivity contribution in [3.63, 3.8) is 0 Å². The Morgan fingerprint density at radius 3 is 2.88 bits per heavy atom. The predicted octanol–water partition coefficient (Wildman–Crippen LogP) is 2.05. The smallest absolute Gasteiger partial charge is 0.222 e. The summed E-state index contributed by atoms with van der Waals surface area (Å²) in [7, 11) is 0. The second-order valence-electron chi connectivity index (χ2n) is 6.92. The molecule has 0 radical (unpaired) electrons. The number of hydrogen-bond donors (Lipinski definition) is 3. The molecular weight excluding hydrogens is 330 g/mol. The number of fused-ring (bicyclic) bond motifs is 1. The molecule has 0 aliphatic carbocycles. The van der Waals surface area contributed by atoms with Crippen LogP contribution in [0.3, 0.4) is 0 Å². The molecule has 2 aromatic heterocycles. The van der Waals surface area contributed by atoms with Crippen molar-refractivity contribution in [1.82, 2.24) is 20.2 Å². The number of H-pyrrole nitrogens is 1. The van der Waals surface area contributed by atoms with Crippen LogP contribution in [0.5, 0.6) is 0 Å². The lowest BCUT2D eigenvalue weighted by Crippen LogP contribution is -2.48. The highest BCUT2D eigenvalue weighted by atomic mass is 16.5. The van der Waals surface area contributed by atoms with E-state index in [4.69, 9.17) is 16.2 Å². The predicted molar refractivity (Wildman–Crippen MR) is 103 cm³/mol. The van der Waals surface area contributed by atoms with Gasteiger partial charge in [-0.3, -0.25) is 5.10 Å². The summed E-state index contributed by atoms with van der Waals surface area (Å²) in [6.45, 7) is 6.54. The van der Waals surface area contributed by atoms with E-state index in [1.807, 2.05) is 24.3 Å². The molecule has 8 nitrogen and oxygen atoms in total. The Balaban J connectivity index is 1.75. The number of aromatic nitrogens is 4. The van der Waals surface area contributed by atoms with E-state index >= 15 is 0 Å². The summed E-state index contributed by atoms with van der Waals surface area (Å²) in [6.07, 6.45) is 0. The van der Waals surface area contributed by atoms with E-state index in [0.717, 1.165) is 34.5 Å². The summed E-state index contributed by atoms with van der Waals surface area (Å²) in [5.41, 5.74) is 14.4. The summed E-state index contributed by atoms with van der Waals surface area (Å²) in [6, 6.07) is 8.13. The monoisotopic (exact) mass is 353 g/mol. The number of benzene rings is 1. The van der Waals surface area contributed by atoms with Crippen LogP contribution >= 0.6 is 0 Å². The number of rotatable bonds is 3. The van der Waals surface area contributed by atoms with Crippen LogP contribution in [0.25, 0.3) is 22.2 Å². The molecule has 1 unspecified atom stereocenters. The molecular formula is C18H23N7O. The number of hydrogen-bond acceptors (Lipinski definition) is 7. The van der Waals surface area contributed by atoms with Gasteiger partial charge in [-0.25, -0.2) is 4.98 Å². The van der Waals surface area contributed by atoms with Crippen molar-refractivity contribution < 1.29 is 4.74 Å². The van der Waals surface area contributed by atoms with Gasteiger partial charge in [0.15, 0.2) is 5.82 Å². The molecule has 0 spiro atoms. The maximum atomic E-state index is 6.02. The van der Waals surface area contributed by atoms with Gasteiger partial charge in [-0.05, 0) is 18.1 Å². The zero-order valence-electron chi connectivity index (χ0n) is 14.9. The Bertz CT molecular complexity index is 936. The molecule has 0 amide bonds. The highest BCUT2D eigenvalue weighted by Crippen LogP contribution is 2.29. The van der Waals surface area contributed by atoms with E-state index in [1.165, 1.54) is 0 Å². The van der Waals surface area contributed by atoms with Crippen LogP contribution in [0.1, 0.15) is 13.8 Å². The van der Waals surface area contributed by atoms with E-state index in [2.05, 4.69) is 38.9 Å². The van der Waals surface area contributed by atoms with Gasteiger partial charge in [0.05, 0.1) is 30.5 Å². The number of anilines is 3. The summed E-state index contributed by atoms with van der Waals surface area (Å²) in [4.78, 5) is 11.2. The van der Waals surface area contributed by atoms with Crippen LogP contribution in [-0.2, 0) is 4.74 Å². The number of morpholine rings is 1. The summed E-state index contributed by atoms with van der Waals surface area (Å²) in [5.74, 6) is 2.02. The average Bonchev–Trinajstić information content (AvgIpc) is 3.01. The number of nitrogen functional groups attached to an aromatic ring is 2. The Labute approximate surface area is 151 Å². The van der Waals surface area contributed by atoms with Crippen molar-refractivity contribution in [2.45, 2.75) is 19.9 Å². The summed E-state index contributed by atoms with van der Waals surface area (Å²) < 4.78 is 5.65. The molecule has 1 atom stereocenters. The molecule has 1 fully saturated rings. The third kappa shape index (κ3) is 2.92. The molecule has 0 saturated carbocycles. The third-order valence-corrected chi connectivity index (χ3v) is 4.85. The topological polar surface area (TPSA) is 119 Å². The normalized spacial score (nSPS) is 18.0. The average molecular weight is 353 g/mol. The zero-order valence-corrected chi connectivity index (χ0v) is 14.9. The third-order valence-electron chi connectivity index (χ3n) is 4.85. The fourth-order valence-electron chi connectivity index (χ4n) is 3.41. The van der Waals surface area contributed by atoms with E-state index in [0.29, 0.717) is 24.9 Å². The van der Waals surface area contributed by atoms with Crippen LogP contribution in [0.15, 0.2) is 24.3 Å². The van der Waals surface area contributed by atoms with Crippen molar-refractivity contribution in [3.05, 3.63) is 24.3 Å². The largest absolute Gasteiger partial charge is 0.382 e. The lowest BCUT2D eigenvalue weighted by molar-refractivity contribution is 0.0802. The second kappa shape index (κ2) is 6.45. The molecule has 1 saturated heterocycles. The minimum Gasteiger partial charge on any atom is -0.382 e.